The quantitative estimate of drug-likeness (QED) is 0.375. The molecule has 176 valence electrons. The van der Waals surface area contributed by atoms with Crippen molar-refractivity contribution < 1.29 is 23.9 Å². The summed E-state index contributed by atoms with van der Waals surface area (Å²) in [5.41, 5.74) is 3.01. The minimum atomic E-state index is -0.526. The Morgan fingerprint density at radius 2 is 1.74 bits per heavy atom. The molecule has 1 aliphatic heterocycles. The van der Waals surface area contributed by atoms with E-state index in [9.17, 15) is 14.4 Å². The molecule has 4 rings (SSSR count). The summed E-state index contributed by atoms with van der Waals surface area (Å²) in [6, 6.07) is 18.3. The van der Waals surface area contributed by atoms with Gasteiger partial charge in [0.2, 0.25) is 5.91 Å². The van der Waals surface area contributed by atoms with Crippen LogP contribution in [-0.4, -0.2) is 50.6 Å². The number of amides is 1. The smallest absolute Gasteiger partial charge is 0.348 e. The molecule has 7 nitrogen and oxygen atoms in total. The predicted octanol–water partition coefficient (Wildman–Crippen LogP) is 4.64. The lowest BCUT2D eigenvalue weighted by atomic mass is 10.1. The Hall–Kier alpha value is -3.49. The Morgan fingerprint density at radius 1 is 1.03 bits per heavy atom. The van der Waals surface area contributed by atoms with Crippen LogP contribution in [0.25, 0.3) is 11.1 Å². The highest BCUT2D eigenvalue weighted by molar-refractivity contribution is 7.18. The standard InChI is InChI=1S/C26H26N2O5S/c1-2-24(30)27-20-10-8-19(9-11-20)22(29)17-33-26(31)23-16-21(18-6-4-3-5-7-18)25(34-23)28-12-14-32-15-13-28/h3-11,16H,2,12-15,17H2,1H3,(H,27,30). The minimum Gasteiger partial charge on any atom is -0.453 e. The van der Waals surface area contributed by atoms with E-state index in [1.54, 1.807) is 31.2 Å². The third kappa shape index (κ3) is 5.70. The maximum absolute atomic E-state index is 12.8. The highest BCUT2D eigenvalue weighted by atomic mass is 32.1. The molecule has 34 heavy (non-hydrogen) atoms. The summed E-state index contributed by atoms with van der Waals surface area (Å²) in [6.07, 6.45) is 0.374. The highest BCUT2D eigenvalue weighted by Gasteiger charge is 2.23. The largest absolute Gasteiger partial charge is 0.453 e. The SMILES string of the molecule is CCC(=O)Nc1ccc(C(=O)COC(=O)c2cc(-c3ccccc3)c(N3CCOCC3)s2)cc1. The number of Topliss-reactive ketones (excluding diaryl/α,β-unsaturated/α-hetero) is 1. The van der Waals surface area contributed by atoms with Crippen molar-refractivity contribution in [3.63, 3.8) is 0 Å². The third-order valence-corrected chi connectivity index (χ3v) is 6.62. The van der Waals surface area contributed by atoms with Crippen LogP contribution in [0.5, 0.6) is 0 Å². The molecule has 0 spiro atoms. The molecule has 0 atom stereocenters. The molecule has 2 heterocycles. The van der Waals surface area contributed by atoms with Crippen LogP contribution >= 0.6 is 11.3 Å². The van der Waals surface area contributed by atoms with Crippen molar-refractivity contribution in [2.45, 2.75) is 13.3 Å². The van der Waals surface area contributed by atoms with Crippen LogP contribution in [0.2, 0.25) is 0 Å². The molecule has 1 aliphatic rings. The van der Waals surface area contributed by atoms with Crippen molar-refractivity contribution >= 4 is 39.7 Å². The van der Waals surface area contributed by atoms with Gasteiger partial charge in [-0.1, -0.05) is 37.3 Å². The van der Waals surface area contributed by atoms with Crippen molar-refractivity contribution in [1.82, 2.24) is 0 Å². The summed E-state index contributed by atoms with van der Waals surface area (Å²) < 4.78 is 10.8. The van der Waals surface area contributed by atoms with Gasteiger partial charge in [0.25, 0.3) is 0 Å². The number of ketones is 1. The Labute approximate surface area is 202 Å². The highest BCUT2D eigenvalue weighted by Crippen LogP contribution is 2.39. The summed E-state index contributed by atoms with van der Waals surface area (Å²) >= 11 is 1.37. The molecule has 1 saturated heterocycles. The molecule has 0 radical (unpaired) electrons. The van der Waals surface area contributed by atoms with Crippen LogP contribution in [-0.2, 0) is 14.3 Å². The molecule has 1 N–H and O–H groups in total. The number of anilines is 2. The fraction of sp³-hybridized carbons (Fsp3) is 0.269. The lowest BCUT2D eigenvalue weighted by Crippen LogP contribution is -2.35. The van der Waals surface area contributed by atoms with E-state index >= 15 is 0 Å². The van der Waals surface area contributed by atoms with Gasteiger partial charge < -0.3 is 19.7 Å². The number of morpholine rings is 1. The second-order valence-corrected chi connectivity index (χ2v) is 8.80. The molecule has 1 amide bonds. The summed E-state index contributed by atoms with van der Waals surface area (Å²) in [6.45, 7) is 4.19. The summed E-state index contributed by atoms with van der Waals surface area (Å²) in [5, 5.41) is 3.73. The zero-order valence-corrected chi connectivity index (χ0v) is 19.7. The van der Waals surface area contributed by atoms with Crippen LogP contribution in [0.3, 0.4) is 0 Å². The fourth-order valence-corrected chi connectivity index (χ4v) is 4.71. The van der Waals surface area contributed by atoms with Crippen molar-refractivity contribution in [2.24, 2.45) is 0 Å². The van der Waals surface area contributed by atoms with E-state index in [1.807, 2.05) is 36.4 Å². The van der Waals surface area contributed by atoms with Gasteiger partial charge in [-0.05, 0) is 35.9 Å². The predicted molar refractivity (Wildman–Crippen MR) is 133 cm³/mol. The fourth-order valence-electron chi connectivity index (χ4n) is 3.58. The van der Waals surface area contributed by atoms with E-state index < -0.39 is 5.97 Å². The Kier molecular flexibility index (Phi) is 7.72. The first-order valence-electron chi connectivity index (χ1n) is 11.2. The maximum atomic E-state index is 12.8. The maximum Gasteiger partial charge on any atom is 0.348 e. The van der Waals surface area contributed by atoms with Gasteiger partial charge in [-0.25, -0.2) is 4.79 Å². The first-order valence-corrected chi connectivity index (χ1v) is 12.0. The van der Waals surface area contributed by atoms with Crippen molar-refractivity contribution in [1.29, 1.82) is 0 Å². The van der Waals surface area contributed by atoms with Crippen LogP contribution in [0, 0.1) is 0 Å². The molecule has 0 saturated carbocycles. The zero-order chi connectivity index (χ0) is 23.9. The number of carbonyl (C=O) groups is 3. The summed E-state index contributed by atoms with van der Waals surface area (Å²) in [7, 11) is 0. The van der Waals surface area contributed by atoms with E-state index in [2.05, 4.69) is 10.2 Å². The molecule has 1 fully saturated rings. The molecular weight excluding hydrogens is 452 g/mol. The Balaban J connectivity index is 1.45. The summed E-state index contributed by atoms with van der Waals surface area (Å²) in [5.74, 6) is -0.938. The van der Waals surface area contributed by atoms with Gasteiger partial charge in [0.1, 0.15) is 4.88 Å². The van der Waals surface area contributed by atoms with Crippen molar-refractivity contribution in [3.05, 3.63) is 71.1 Å². The molecule has 2 aromatic carbocycles. The van der Waals surface area contributed by atoms with Gasteiger partial charge >= 0.3 is 5.97 Å². The van der Waals surface area contributed by atoms with Gasteiger partial charge in [0.15, 0.2) is 12.4 Å². The normalized spacial score (nSPS) is 13.4. The van der Waals surface area contributed by atoms with Gasteiger partial charge in [-0.15, -0.1) is 11.3 Å². The third-order valence-electron chi connectivity index (χ3n) is 5.44. The molecule has 1 aromatic heterocycles. The summed E-state index contributed by atoms with van der Waals surface area (Å²) in [4.78, 5) is 39.5. The van der Waals surface area contributed by atoms with Crippen molar-refractivity contribution in [2.75, 3.05) is 43.1 Å². The lowest BCUT2D eigenvalue weighted by Gasteiger charge is -2.28. The van der Waals surface area contributed by atoms with E-state index in [4.69, 9.17) is 9.47 Å². The first-order chi connectivity index (χ1) is 16.5. The second kappa shape index (κ2) is 11.1. The average molecular weight is 479 g/mol. The number of hydrogen-bond donors (Lipinski definition) is 1. The lowest BCUT2D eigenvalue weighted by molar-refractivity contribution is -0.115. The first kappa shape index (κ1) is 23.7. The van der Waals surface area contributed by atoms with Gasteiger partial charge in [-0.2, -0.15) is 0 Å². The number of hydrogen-bond acceptors (Lipinski definition) is 7. The molecule has 8 heteroatoms. The van der Waals surface area contributed by atoms with Gasteiger partial charge in [0.05, 0.1) is 18.2 Å². The molecular formula is C26H26N2O5S. The number of carbonyl (C=O) groups excluding carboxylic acids is 3. The topological polar surface area (TPSA) is 84.9 Å². The van der Waals surface area contributed by atoms with Crippen LogP contribution < -0.4 is 10.2 Å². The average Bonchev–Trinajstić information content (AvgIpc) is 3.34. The van der Waals surface area contributed by atoms with E-state index in [1.165, 1.54) is 11.3 Å². The van der Waals surface area contributed by atoms with E-state index in [0.29, 0.717) is 35.8 Å². The number of esters is 1. The number of benzene rings is 2. The Morgan fingerprint density at radius 3 is 2.41 bits per heavy atom. The van der Waals surface area contributed by atoms with Crippen molar-refractivity contribution in [3.8, 4) is 11.1 Å². The number of rotatable bonds is 8. The minimum absolute atomic E-state index is 0.102. The van der Waals surface area contributed by atoms with E-state index in [0.717, 1.165) is 29.2 Å². The van der Waals surface area contributed by atoms with Crippen LogP contribution in [0.1, 0.15) is 33.4 Å². The Bertz CT molecular complexity index is 1150. The molecule has 3 aromatic rings. The number of ether oxygens (including phenoxy) is 2. The molecule has 0 unspecified atom stereocenters. The monoisotopic (exact) mass is 478 g/mol. The van der Waals surface area contributed by atoms with Gasteiger partial charge in [-0.3, -0.25) is 9.59 Å². The van der Waals surface area contributed by atoms with Crippen LogP contribution in [0.4, 0.5) is 10.7 Å². The second-order valence-electron chi connectivity index (χ2n) is 7.77. The number of nitrogens with zero attached hydrogens (tertiary/aromatic N) is 1. The number of nitrogens with one attached hydrogen (secondary N) is 1. The number of thiophene rings is 1. The van der Waals surface area contributed by atoms with Gasteiger partial charge in [0, 0.05) is 36.3 Å². The molecule has 0 bridgehead atoms. The van der Waals surface area contributed by atoms with E-state index in [-0.39, 0.29) is 18.3 Å². The molecule has 0 aliphatic carbocycles. The van der Waals surface area contributed by atoms with Crippen LogP contribution in [0.15, 0.2) is 60.7 Å². The zero-order valence-electron chi connectivity index (χ0n) is 18.9.